The third kappa shape index (κ3) is 8.59. The maximum atomic E-state index is 10.1. The largest absolute Gasteiger partial charge is 0.722 e. The monoisotopic (exact) mass is 398 g/mol. The molecule has 0 radical (unpaired) electrons. The molecule has 0 aromatic carbocycles. The van der Waals surface area contributed by atoms with E-state index >= 15 is 0 Å². The van der Waals surface area contributed by atoms with Crippen LogP contribution in [0.15, 0.2) is 12.2 Å². The van der Waals surface area contributed by atoms with E-state index in [2.05, 4.69) is 24.6 Å². The first-order valence-corrected chi connectivity index (χ1v) is 13.0. The van der Waals surface area contributed by atoms with Crippen molar-refractivity contribution in [1.82, 2.24) is 0 Å². The van der Waals surface area contributed by atoms with Gasteiger partial charge in [0.2, 0.25) is 0 Å². The average Bonchev–Trinajstić information content (AvgIpc) is 2.47. The molecule has 0 bridgehead atoms. The van der Waals surface area contributed by atoms with Crippen molar-refractivity contribution in [2.24, 2.45) is 0 Å². The van der Waals surface area contributed by atoms with Crippen LogP contribution in [0.1, 0.15) is 70.6 Å². The molecular weight excluding hydrogens is 367 g/mol. The first-order valence-electron chi connectivity index (χ1n) is 8.86. The normalized spacial score (nSPS) is 30.6. The zero-order valence-electron chi connectivity index (χ0n) is 14.7. The first kappa shape index (κ1) is 22.3. The van der Waals surface area contributed by atoms with Gasteiger partial charge in [0.25, 0.3) is 10.5 Å². The van der Waals surface area contributed by atoms with Gasteiger partial charge >= 0.3 is 0 Å². The summed E-state index contributed by atoms with van der Waals surface area (Å²) in [5.41, 5.74) is 1.60. The highest BCUT2D eigenvalue weighted by atomic mass is 32.3. The van der Waals surface area contributed by atoms with Crippen molar-refractivity contribution in [1.29, 1.82) is 0 Å². The summed E-state index contributed by atoms with van der Waals surface area (Å²) in [6.45, 7) is 4.56. The van der Waals surface area contributed by atoms with Gasteiger partial charge in [-0.25, -0.2) is 8.42 Å². The minimum atomic E-state index is -5.42. The summed E-state index contributed by atoms with van der Waals surface area (Å²) in [6.07, 6.45) is 18.2. The molecule has 1 saturated heterocycles. The van der Waals surface area contributed by atoms with Crippen molar-refractivity contribution in [3.63, 3.8) is 0 Å². The van der Waals surface area contributed by atoms with Crippen LogP contribution in [0.3, 0.4) is 0 Å². The Morgan fingerprint density at radius 2 is 1.58 bits per heavy atom. The molecule has 0 amide bonds. The van der Waals surface area contributed by atoms with Gasteiger partial charge in [0.05, 0.1) is 6.26 Å². The van der Waals surface area contributed by atoms with Gasteiger partial charge in [0, 0.05) is 29.5 Å². The lowest BCUT2D eigenvalue weighted by Crippen LogP contribution is -2.41. The molecule has 1 heterocycles. The molecule has 2 rings (SSSR count). The second kappa shape index (κ2) is 11.1. The van der Waals surface area contributed by atoms with Crippen LogP contribution >= 0.6 is 11.8 Å². The fraction of sp³-hybridized carbons (Fsp3) is 0.882. The number of hydrogen-bond donors (Lipinski definition) is 0. The molecule has 1 aliphatic carbocycles. The van der Waals surface area contributed by atoms with Crippen molar-refractivity contribution in [3.8, 4) is 0 Å². The predicted molar refractivity (Wildman–Crippen MR) is 104 cm³/mol. The van der Waals surface area contributed by atoms with Crippen LogP contribution in [0.4, 0.5) is 3.89 Å². The highest BCUT2D eigenvalue weighted by Gasteiger charge is 2.48. The standard InChI is InChI=1S/C17H31S2.FHO3S/c1-16-12-9-7-5-3-4-6-8-10-13-17(16)18-14-11-15-19(17)2;1-5(2,3)4/h1,3-15H2,2H3;(H,2,3,4)/q+1;/p-1. The summed E-state index contributed by atoms with van der Waals surface area (Å²) in [6, 6.07) is 0. The fourth-order valence-corrected chi connectivity index (χ4v) is 8.19. The van der Waals surface area contributed by atoms with Gasteiger partial charge in [-0.2, -0.15) is 0 Å². The second-order valence-corrected chi connectivity index (χ2v) is 11.4. The molecule has 0 N–H and O–H groups in total. The van der Waals surface area contributed by atoms with E-state index in [0.29, 0.717) is 15.0 Å². The van der Waals surface area contributed by atoms with Crippen LogP contribution in [-0.4, -0.2) is 34.8 Å². The molecule has 142 valence electrons. The van der Waals surface area contributed by atoms with Gasteiger partial charge in [0.15, 0.2) is 4.08 Å². The molecule has 2 unspecified atom stereocenters. The number of halogens is 1. The van der Waals surface area contributed by atoms with Gasteiger partial charge in [-0.05, 0) is 24.8 Å². The number of hydrogen-bond acceptors (Lipinski definition) is 4. The molecular formula is C17H31FO3S3. The minimum Gasteiger partial charge on any atom is -0.722 e. The average molecular weight is 399 g/mol. The Labute approximate surface area is 154 Å². The molecule has 0 aromatic rings. The van der Waals surface area contributed by atoms with E-state index in [1.807, 2.05) is 0 Å². The van der Waals surface area contributed by atoms with Crippen LogP contribution < -0.4 is 0 Å². The Hall–Kier alpha value is 0.280. The van der Waals surface area contributed by atoms with E-state index in [0.717, 1.165) is 0 Å². The summed E-state index contributed by atoms with van der Waals surface area (Å²) in [5.74, 6) is 2.82. The van der Waals surface area contributed by atoms with E-state index in [4.69, 9.17) is 13.0 Å². The zero-order valence-corrected chi connectivity index (χ0v) is 17.2. The molecule has 1 aliphatic heterocycles. The van der Waals surface area contributed by atoms with Crippen molar-refractivity contribution in [3.05, 3.63) is 12.2 Å². The predicted octanol–water partition coefficient (Wildman–Crippen LogP) is 4.95. The quantitative estimate of drug-likeness (QED) is 0.251. The first-order chi connectivity index (χ1) is 11.3. The Balaban J connectivity index is 0.000000505. The van der Waals surface area contributed by atoms with Crippen LogP contribution in [0, 0.1) is 0 Å². The topological polar surface area (TPSA) is 57.2 Å². The second-order valence-electron chi connectivity index (χ2n) is 6.62. The molecule has 7 heteroatoms. The molecule has 2 atom stereocenters. The van der Waals surface area contributed by atoms with Gasteiger partial charge in [-0.1, -0.05) is 56.9 Å². The van der Waals surface area contributed by atoms with Crippen LogP contribution in [-0.2, 0) is 21.4 Å². The molecule has 2 aliphatic rings. The van der Waals surface area contributed by atoms with Crippen molar-refractivity contribution < 1.29 is 16.9 Å². The summed E-state index contributed by atoms with van der Waals surface area (Å²) in [5, 5.41) is 0. The highest BCUT2D eigenvalue weighted by molar-refractivity contribution is 8.17. The lowest BCUT2D eigenvalue weighted by atomic mass is 9.97. The maximum Gasteiger partial charge on any atom is 0.255 e. The summed E-state index contributed by atoms with van der Waals surface area (Å²) in [4.78, 5) is 0. The van der Waals surface area contributed by atoms with Crippen molar-refractivity contribution in [2.45, 2.75) is 74.7 Å². The van der Waals surface area contributed by atoms with E-state index in [1.165, 1.54) is 82.1 Å². The fourth-order valence-electron chi connectivity index (χ4n) is 3.50. The third-order valence-corrected chi connectivity index (χ3v) is 9.94. The van der Waals surface area contributed by atoms with E-state index in [-0.39, 0.29) is 0 Å². The highest BCUT2D eigenvalue weighted by Crippen LogP contribution is 2.47. The number of rotatable bonds is 0. The molecule has 1 spiro atoms. The minimum absolute atomic E-state index is 0.470. The summed E-state index contributed by atoms with van der Waals surface area (Å²) in [7, 11) is -4.86. The Morgan fingerprint density at radius 3 is 2.12 bits per heavy atom. The van der Waals surface area contributed by atoms with Gasteiger partial charge in [0.1, 0.15) is 5.75 Å². The van der Waals surface area contributed by atoms with Gasteiger partial charge < -0.3 is 4.55 Å². The van der Waals surface area contributed by atoms with Gasteiger partial charge in [-0.3, -0.25) is 0 Å². The van der Waals surface area contributed by atoms with Crippen molar-refractivity contribution in [2.75, 3.05) is 17.8 Å². The molecule has 2 fully saturated rings. The van der Waals surface area contributed by atoms with Crippen LogP contribution in [0.5, 0.6) is 0 Å². The van der Waals surface area contributed by atoms with E-state index in [9.17, 15) is 3.89 Å². The van der Waals surface area contributed by atoms with E-state index in [1.54, 1.807) is 5.57 Å². The van der Waals surface area contributed by atoms with Crippen LogP contribution in [0.2, 0.25) is 0 Å². The lowest BCUT2D eigenvalue weighted by Gasteiger charge is -2.36. The molecule has 24 heavy (non-hydrogen) atoms. The molecule has 1 saturated carbocycles. The van der Waals surface area contributed by atoms with E-state index < -0.39 is 10.5 Å². The molecule has 3 nitrogen and oxygen atoms in total. The SMILES string of the molecule is C=C1CCCCCCCCCCC12SCCC[S+]2C.O=S(=O)([O-])F. The summed E-state index contributed by atoms with van der Waals surface area (Å²) >= 11 is 2.27. The smallest absolute Gasteiger partial charge is 0.255 e. The summed E-state index contributed by atoms with van der Waals surface area (Å²) < 4.78 is 35.8. The maximum absolute atomic E-state index is 10.1. The third-order valence-electron chi connectivity index (χ3n) is 4.77. The molecule has 0 aromatic heterocycles. The Bertz CT molecular complexity index is 473. The van der Waals surface area contributed by atoms with Gasteiger partial charge in [-0.15, -0.1) is 3.89 Å². The lowest BCUT2D eigenvalue weighted by molar-refractivity contribution is 0.417. The Kier molecular flexibility index (Phi) is 10.3. The number of thioether (sulfide) groups is 1. The Morgan fingerprint density at radius 1 is 1.08 bits per heavy atom. The zero-order chi connectivity index (χ0) is 18.1. The van der Waals surface area contributed by atoms with Crippen molar-refractivity contribution >= 4 is 33.2 Å². The van der Waals surface area contributed by atoms with Crippen LogP contribution in [0.25, 0.3) is 0 Å².